The Morgan fingerprint density at radius 1 is 0.962 bits per heavy atom. The lowest BCUT2D eigenvalue weighted by Gasteiger charge is -2.21. The molecule has 7 heteroatoms. The molecule has 2 amide bonds. The zero-order valence-electron chi connectivity index (χ0n) is 13.8. The van der Waals surface area contributed by atoms with Gasteiger partial charge >= 0.3 is 0 Å². The van der Waals surface area contributed by atoms with E-state index in [9.17, 15) is 14.0 Å². The van der Waals surface area contributed by atoms with Crippen LogP contribution in [-0.2, 0) is 22.4 Å². The van der Waals surface area contributed by atoms with E-state index in [2.05, 4.69) is 10.3 Å². The molecule has 0 saturated carbocycles. The van der Waals surface area contributed by atoms with Gasteiger partial charge in [-0.3, -0.25) is 9.59 Å². The van der Waals surface area contributed by atoms with Gasteiger partial charge in [0.1, 0.15) is 5.82 Å². The van der Waals surface area contributed by atoms with E-state index in [4.69, 9.17) is 0 Å². The summed E-state index contributed by atoms with van der Waals surface area (Å²) in [5.74, 6) is -1.21. The first kappa shape index (κ1) is 15.2. The molecule has 0 radical (unpaired) electrons. The molecule has 0 aromatic heterocycles. The monoisotopic (exact) mass is 350 g/mol. The number of halogens is 1. The molecule has 6 nitrogen and oxygen atoms in total. The molecule has 2 heterocycles. The van der Waals surface area contributed by atoms with Gasteiger partial charge in [0.2, 0.25) is 0 Å². The Kier molecular flexibility index (Phi) is 3.19. The van der Waals surface area contributed by atoms with Crippen molar-refractivity contribution in [2.45, 2.75) is 31.3 Å². The highest BCUT2D eigenvalue weighted by atomic mass is 19.1. The van der Waals surface area contributed by atoms with Gasteiger partial charge in [-0.15, -0.1) is 0 Å². The molecule has 1 saturated heterocycles. The van der Waals surface area contributed by atoms with Crippen LogP contribution in [0, 0.1) is 5.82 Å². The van der Waals surface area contributed by atoms with Crippen LogP contribution >= 0.6 is 0 Å². The number of carbonyl (C=O) groups is 2. The van der Waals surface area contributed by atoms with E-state index in [0.717, 1.165) is 19.3 Å². The van der Waals surface area contributed by atoms with Gasteiger partial charge in [0.05, 0.1) is 11.4 Å². The van der Waals surface area contributed by atoms with Crippen molar-refractivity contribution in [1.82, 2.24) is 0 Å². The first-order valence-electron chi connectivity index (χ1n) is 8.59. The number of benzene rings is 2. The largest absolute Gasteiger partial charge is 0.271 e. The average molecular weight is 350 g/mol. The molecule has 0 spiro atoms. The van der Waals surface area contributed by atoms with Crippen LogP contribution in [0.5, 0.6) is 0 Å². The number of rotatable bonds is 2. The van der Waals surface area contributed by atoms with Crippen LogP contribution in [-0.4, -0.2) is 23.9 Å². The quantitative estimate of drug-likeness (QED) is 0.783. The van der Waals surface area contributed by atoms with Crippen LogP contribution in [0.25, 0.3) is 0 Å². The molecule has 2 aromatic carbocycles. The molecule has 1 fully saturated rings. The first-order valence-corrected chi connectivity index (χ1v) is 8.59. The summed E-state index contributed by atoms with van der Waals surface area (Å²) in [7, 11) is 0. The van der Waals surface area contributed by atoms with Crippen molar-refractivity contribution in [3.05, 3.63) is 59.4 Å². The third kappa shape index (κ3) is 2.09. The summed E-state index contributed by atoms with van der Waals surface area (Å²) in [4.78, 5) is 27.0. The lowest BCUT2D eigenvalue weighted by molar-refractivity contribution is -0.121. The molecule has 26 heavy (non-hydrogen) atoms. The topological polar surface area (TPSA) is 65.3 Å². The Bertz CT molecular complexity index is 974. The molecule has 2 aliphatic heterocycles. The van der Waals surface area contributed by atoms with E-state index >= 15 is 0 Å². The highest BCUT2D eigenvalue weighted by Crippen LogP contribution is 2.36. The highest BCUT2D eigenvalue weighted by molar-refractivity contribution is 6.26. The molecule has 5 rings (SSSR count). The second-order valence-electron chi connectivity index (χ2n) is 6.74. The maximum Gasteiger partial charge on any atom is 0.263 e. The maximum atomic E-state index is 13.5. The molecule has 1 aliphatic carbocycles. The van der Waals surface area contributed by atoms with E-state index in [-0.39, 0.29) is 11.8 Å². The van der Waals surface area contributed by atoms with Gasteiger partial charge in [0, 0.05) is 0 Å². The second-order valence-corrected chi connectivity index (χ2v) is 6.74. The van der Waals surface area contributed by atoms with Crippen molar-refractivity contribution in [2.75, 3.05) is 9.91 Å². The lowest BCUT2D eigenvalue weighted by Crippen LogP contribution is -2.40. The lowest BCUT2D eigenvalue weighted by atomic mass is 10.1. The van der Waals surface area contributed by atoms with Crippen LogP contribution in [0.4, 0.5) is 15.8 Å². The Morgan fingerprint density at radius 2 is 1.81 bits per heavy atom. The Labute approximate surface area is 148 Å². The van der Waals surface area contributed by atoms with Crippen molar-refractivity contribution in [3.8, 4) is 0 Å². The number of nitrogens with zero attached hydrogens (tertiary/aromatic N) is 4. The summed E-state index contributed by atoms with van der Waals surface area (Å²) in [5, 5.41) is 9.26. The Hall–Kier alpha value is -3.09. The smallest absolute Gasteiger partial charge is 0.263 e. The summed E-state index contributed by atoms with van der Waals surface area (Å²) < 4.78 is 13.5. The SMILES string of the molecule is O=C1[C@@H]2N=NN(c3cccc(F)c3)[C@H]2C(=O)N1c1ccc2c(c1)CCC2. The van der Waals surface area contributed by atoms with Gasteiger partial charge in [-0.2, -0.15) is 5.11 Å². The van der Waals surface area contributed by atoms with Crippen LogP contribution in [0.2, 0.25) is 0 Å². The normalized spacial score (nSPS) is 23.7. The molecule has 3 aliphatic rings. The summed E-state index contributed by atoms with van der Waals surface area (Å²) in [5.41, 5.74) is 3.43. The zero-order valence-corrected chi connectivity index (χ0v) is 13.8. The maximum absolute atomic E-state index is 13.5. The Balaban J connectivity index is 1.51. The summed E-state index contributed by atoms with van der Waals surface area (Å²) >= 11 is 0. The molecular weight excluding hydrogens is 335 g/mol. The standard InChI is InChI=1S/C19H15FN4O2/c20-13-5-2-6-15(10-13)24-17-16(21-22-24)18(25)23(19(17)26)14-8-7-11-3-1-4-12(11)9-14/h2,5-10,16-17H,1,3-4H2/t16-,17-/m1/s1. The number of anilines is 2. The van der Waals surface area contributed by atoms with Gasteiger partial charge in [-0.05, 0) is 60.7 Å². The number of amides is 2. The van der Waals surface area contributed by atoms with E-state index in [1.807, 2.05) is 18.2 Å². The number of carbonyl (C=O) groups excluding carboxylic acids is 2. The van der Waals surface area contributed by atoms with Crippen LogP contribution in [0.1, 0.15) is 17.5 Å². The highest BCUT2D eigenvalue weighted by Gasteiger charge is 2.55. The van der Waals surface area contributed by atoms with Gasteiger partial charge < -0.3 is 0 Å². The van der Waals surface area contributed by atoms with Crippen molar-refractivity contribution in [3.63, 3.8) is 0 Å². The fourth-order valence-electron chi connectivity index (χ4n) is 3.94. The number of aryl methyl sites for hydroxylation is 2. The Morgan fingerprint density at radius 3 is 2.65 bits per heavy atom. The number of hydrogen-bond acceptors (Lipinski definition) is 5. The minimum Gasteiger partial charge on any atom is -0.271 e. The van der Waals surface area contributed by atoms with Crippen molar-refractivity contribution in [1.29, 1.82) is 0 Å². The predicted octanol–water partition coefficient (Wildman–Crippen LogP) is 2.81. The van der Waals surface area contributed by atoms with E-state index < -0.39 is 17.9 Å². The first-order chi connectivity index (χ1) is 12.6. The van der Waals surface area contributed by atoms with E-state index in [1.54, 1.807) is 6.07 Å². The van der Waals surface area contributed by atoms with Crippen LogP contribution in [0.15, 0.2) is 52.8 Å². The average Bonchev–Trinajstić information content (AvgIpc) is 3.32. The number of imide groups is 1. The fraction of sp³-hybridized carbons (Fsp3) is 0.263. The van der Waals surface area contributed by atoms with E-state index in [1.165, 1.54) is 39.2 Å². The molecule has 0 unspecified atom stereocenters. The van der Waals surface area contributed by atoms with Gasteiger partial charge in [0.15, 0.2) is 12.1 Å². The fourth-order valence-corrected chi connectivity index (χ4v) is 3.94. The van der Waals surface area contributed by atoms with Crippen molar-refractivity contribution < 1.29 is 14.0 Å². The summed E-state index contributed by atoms with van der Waals surface area (Å²) in [6, 6.07) is 9.72. The number of hydrogen-bond donors (Lipinski definition) is 0. The molecular formula is C19H15FN4O2. The van der Waals surface area contributed by atoms with Gasteiger partial charge in [-0.1, -0.05) is 17.4 Å². The van der Waals surface area contributed by atoms with Crippen LogP contribution < -0.4 is 9.91 Å². The number of fused-ring (bicyclic) bond motifs is 2. The van der Waals surface area contributed by atoms with Crippen molar-refractivity contribution >= 4 is 23.2 Å². The van der Waals surface area contributed by atoms with Gasteiger partial charge in [-0.25, -0.2) is 14.3 Å². The second kappa shape index (κ2) is 5.45. The van der Waals surface area contributed by atoms with E-state index in [0.29, 0.717) is 11.4 Å². The summed E-state index contributed by atoms with van der Waals surface area (Å²) in [6.45, 7) is 0. The molecule has 2 aromatic rings. The molecule has 0 N–H and O–H groups in total. The summed E-state index contributed by atoms with van der Waals surface area (Å²) in [6.07, 6.45) is 3.08. The molecule has 2 atom stereocenters. The predicted molar refractivity (Wildman–Crippen MR) is 92.3 cm³/mol. The molecule has 130 valence electrons. The molecule has 0 bridgehead atoms. The van der Waals surface area contributed by atoms with Gasteiger partial charge in [0.25, 0.3) is 11.8 Å². The van der Waals surface area contributed by atoms with Crippen molar-refractivity contribution in [2.24, 2.45) is 10.3 Å². The third-order valence-corrected chi connectivity index (χ3v) is 5.19. The van der Waals surface area contributed by atoms with Crippen LogP contribution in [0.3, 0.4) is 0 Å². The minimum atomic E-state index is -0.890. The third-order valence-electron chi connectivity index (χ3n) is 5.19. The minimum absolute atomic E-state index is 0.382. The zero-order chi connectivity index (χ0) is 17.8.